The minimum absolute atomic E-state index is 0.00517. The molecular formula is C33H48O7Si. The van der Waals surface area contributed by atoms with Crippen LogP contribution in [0.25, 0.3) is 0 Å². The zero-order valence-corrected chi connectivity index (χ0v) is 27.7. The Kier molecular flexibility index (Phi) is 10.3. The number of cyclic esters (lactones) is 1. The smallest absolute Gasteiger partial charge is 0.346 e. The number of hydrogen-bond acceptors (Lipinski definition) is 7. The molecule has 0 radical (unpaired) electrons. The molecule has 0 fully saturated rings. The summed E-state index contributed by atoms with van der Waals surface area (Å²) < 4.78 is 31.2. The normalized spacial score (nSPS) is 14.4. The Labute approximate surface area is 247 Å². The van der Waals surface area contributed by atoms with Crippen LogP contribution in [0.15, 0.2) is 18.2 Å². The number of methoxy groups -OCH3 is 1. The molecule has 1 aliphatic heterocycles. The lowest BCUT2D eigenvalue weighted by molar-refractivity contribution is 0.0452. The Bertz CT molecular complexity index is 1260. The van der Waals surface area contributed by atoms with Crippen LogP contribution in [-0.4, -0.2) is 34.3 Å². The number of hydrogen-bond donors (Lipinski definition) is 0. The predicted molar refractivity (Wildman–Crippen MR) is 164 cm³/mol. The highest BCUT2D eigenvalue weighted by molar-refractivity contribution is 6.74. The van der Waals surface area contributed by atoms with Crippen molar-refractivity contribution in [3.63, 3.8) is 0 Å². The topological polar surface area (TPSA) is 80.3 Å². The zero-order chi connectivity index (χ0) is 30.7. The lowest BCUT2D eigenvalue weighted by atomic mass is 9.96. The molecule has 226 valence electrons. The highest BCUT2D eigenvalue weighted by atomic mass is 28.4. The number of fused-ring (bicyclic) bond motifs is 2. The van der Waals surface area contributed by atoms with E-state index in [-0.39, 0.29) is 29.1 Å². The van der Waals surface area contributed by atoms with Gasteiger partial charge in [0.05, 0.1) is 19.8 Å². The van der Waals surface area contributed by atoms with Crippen LogP contribution in [0, 0.1) is 18.8 Å². The lowest BCUT2D eigenvalue weighted by Crippen LogP contribution is -2.42. The van der Waals surface area contributed by atoms with Crippen molar-refractivity contribution in [1.29, 1.82) is 0 Å². The molecule has 7 nitrogen and oxygen atoms in total. The Morgan fingerprint density at radius 2 is 1.78 bits per heavy atom. The van der Waals surface area contributed by atoms with Gasteiger partial charge >= 0.3 is 5.97 Å². The van der Waals surface area contributed by atoms with Crippen molar-refractivity contribution in [2.75, 3.05) is 13.7 Å². The molecule has 41 heavy (non-hydrogen) atoms. The van der Waals surface area contributed by atoms with E-state index < -0.39 is 14.3 Å². The summed E-state index contributed by atoms with van der Waals surface area (Å²) in [5, 5.41) is 0.00517. The number of carbonyl (C=O) groups excluding carboxylic acids is 2. The SMILES string of the molecule is COc1c([C@H](CC(C)C)O[Si](C)(C)C(C)(C)C)ccc2c1C(=O)OCc1c(C=O)c(C)cc(OCCC(C)C)c1O2. The van der Waals surface area contributed by atoms with Crippen molar-refractivity contribution in [2.45, 2.75) is 99.1 Å². The maximum Gasteiger partial charge on any atom is 0.346 e. The van der Waals surface area contributed by atoms with Crippen LogP contribution in [-0.2, 0) is 15.8 Å². The van der Waals surface area contributed by atoms with Crippen LogP contribution in [0.5, 0.6) is 23.0 Å². The van der Waals surface area contributed by atoms with Gasteiger partial charge in [-0.3, -0.25) is 4.79 Å². The fourth-order valence-corrected chi connectivity index (χ4v) is 5.92. The summed E-state index contributed by atoms with van der Waals surface area (Å²) in [6, 6.07) is 5.49. The number of aryl methyl sites for hydroxylation is 1. The molecule has 0 amide bonds. The van der Waals surface area contributed by atoms with Crippen LogP contribution < -0.4 is 14.2 Å². The van der Waals surface area contributed by atoms with Gasteiger partial charge in [-0.2, -0.15) is 0 Å². The number of ether oxygens (including phenoxy) is 4. The van der Waals surface area contributed by atoms with Gasteiger partial charge in [-0.1, -0.05) is 48.5 Å². The molecule has 1 heterocycles. The van der Waals surface area contributed by atoms with E-state index in [1.54, 1.807) is 13.2 Å². The van der Waals surface area contributed by atoms with Gasteiger partial charge in [0.15, 0.2) is 26.1 Å². The summed E-state index contributed by atoms with van der Waals surface area (Å²) in [7, 11) is -0.621. The Balaban J connectivity index is 2.18. The quantitative estimate of drug-likeness (QED) is 0.148. The first-order chi connectivity index (χ1) is 19.1. The molecule has 1 aliphatic rings. The number of rotatable bonds is 11. The van der Waals surface area contributed by atoms with E-state index in [1.807, 2.05) is 19.1 Å². The van der Waals surface area contributed by atoms with Gasteiger partial charge in [0.2, 0.25) is 0 Å². The maximum atomic E-state index is 13.6. The second kappa shape index (κ2) is 13.0. The Morgan fingerprint density at radius 1 is 1.10 bits per heavy atom. The van der Waals surface area contributed by atoms with Crippen LogP contribution in [0.1, 0.15) is 105 Å². The fraction of sp³-hybridized carbons (Fsp3) is 0.576. The fourth-order valence-electron chi connectivity index (χ4n) is 4.63. The second-order valence-electron chi connectivity index (χ2n) is 13.3. The van der Waals surface area contributed by atoms with Crippen molar-refractivity contribution >= 4 is 20.6 Å². The molecule has 0 spiro atoms. The average Bonchev–Trinajstić information content (AvgIpc) is 2.85. The lowest BCUT2D eigenvalue weighted by Gasteiger charge is -2.40. The number of benzene rings is 2. The van der Waals surface area contributed by atoms with Gasteiger partial charge < -0.3 is 23.4 Å². The molecule has 3 rings (SSSR count). The highest BCUT2D eigenvalue weighted by Gasteiger charge is 2.41. The summed E-state index contributed by atoms with van der Waals surface area (Å²) in [6.07, 6.45) is 2.11. The minimum atomic E-state index is -2.17. The van der Waals surface area contributed by atoms with Crippen molar-refractivity contribution in [3.8, 4) is 23.0 Å². The molecule has 0 N–H and O–H groups in total. The molecule has 2 aromatic rings. The number of esters is 1. The van der Waals surface area contributed by atoms with Crippen LogP contribution >= 0.6 is 0 Å². The van der Waals surface area contributed by atoms with E-state index >= 15 is 0 Å². The molecule has 0 saturated carbocycles. The van der Waals surface area contributed by atoms with Gasteiger partial charge in [-0.15, -0.1) is 0 Å². The van der Waals surface area contributed by atoms with Crippen LogP contribution in [0.2, 0.25) is 18.1 Å². The van der Waals surface area contributed by atoms with Crippen LogP contribution in [0.3, 0.4) is 0 Å². The van der Waals surface area contributed by atoms with Crippen molar-refractivity contribution < 1.29 is 33.0 Å². The van der Waals surface area contributed by atoms with E-state index in [4.69, 9.17) is 23.4 Å². The molecule has 1 atom stereocenters. The molecule has 2 aromatic carbocycles. The standard InChI is InChI=1S/C33H48O7Si/c1-20(2)14-15-37-28-17-22(5)24(18-34)25-19-38-32(35)29-26(39-30(25)28)13-12-23(31(29)36-9)27(16-21(3)4)40-41(10,11)33(6,7)8/h12-13,17-18,20-21,27H,14-16,19H2,1-11H3/t27-/m0/s1. The molecule has 0 unspecified atom stereocenters. The van der Waals surface area contributed by atoms with E-state index in [1.165, 1.54) is 0 Å². The van der Waals surface area contributed by atoms with Gasteiger partial charge in [-0.05, 0) is 73.5 Å². The summed E-state index contributed by atoms with van der Waals surface area (Å²) in [6.45, 7) is 21.8. The predicted octanol–water partition coefficient (Wildman–Crippen LogP) is 8.81. The third-order valence-electron chi connectivity index (χ3n) is 8.06. The summed E-state index contributed by atoms with van der Waals surface area (Å²) in [4.78, 5) is 25.6. The third-order valence-corrected chi connectivity index (χ3v) is 12.5. The van der Waals surface area contributed by atoms with Gasteiger partial charge in [-0.25, -0.2) is 4.79 Å². The van der Waals surface area contributed by atoms with Crippen molar-refractivity contribution in [1.82, 2.24) is 0 Å². The van der Waals surface area contributed by atoms with Gasteiger partial charge in [0.25, 0.3) is 0 Å². The van der Waals surface area contributed by atoms with Crippen molar-refractivity contribution in [2.24, 2.45) is 11.8 Å². The largest absolute Gasteiger partial charge is 0.495 e. The first-order valence-corrected chi connectivity index (χ1v) is 17.5. The van der Waals surface area contributed by atoms with E-state index in [0.717, 1.165) is 30.3 Å². The summed E-state index contributed by atoms with van der Waals surface area (Å²) in [5.74, 6) is 1.77. The second-order valence-corrected chi connectivity index (χ2v) is 18.1. The summed E-state index contributed by atoms with van der Waals surface area (Å²) in [5.41, 5.74) is 2.63. The van der Waals surface area contributed by atoms with E-state index in [9.17, 15) is 9.59 Å². The molecule has 0 bridgehead atoms. The molecule has 0 aliphatic carbocycles. The van der Waals surface area contributed by atoms with E-state index in [0.29, 0.717) is 46.8 Å². The first-order valence-electron chi connectivity index (χ1n) is 14.6. The monoisotopic (exact) mass is 584 g/mol. The zero-order valence-electron chi connectivity index (χ0n) is 26.7. The van der Waals surface area contributed by atoms with Crippen molar-refractivity contribution in [3.05, 3.63) is 46.0 Å². The maximum absolute atomic E-state index is 13.6. The number of carbonyl (C=O) groups is 2. The Morgan fingerprint density at radius 3 is 2.34 bits per heavy atom. The number of aldehydes is 1. The highest BCUT2D eigenvalue weighted by Crippen LogP contribution is 2.48. The molecule has 8 heteroatoms. The van der Waals surface area contributed by atoms with E-state index in [2.05, 4.69) is 61.6 Å². The molecule has 0 saturated heterocycles. The molecule has 0 aromatic heterocycles. The van der Waals surface area contributed by atoms with Crippen LogP contribution in [0.4, 0.5) is 0 Å². The first kappa shape index (κ1) is 32.7. The molecular weight excluding hydrogens is 536 g/mol. The van der Waals surface area contributed by atoms with Gasteiger partial charge in [0.1, 0.15) is 23.7 Å². The van der Waals surface area contributed by atoms with Gasteiger partial charge in [0, 0.05) is 16.7 Å². The average molecular weight is 585 g/mol. The summed E-state index contributed by atoms with van der Waals surface area (Å²) >= 11 is 0. The third kappa shape index (κ3) is 7.33. The minimum Gasteiger partial charge on any atom is -0.495 e. The Hall–Kier alpha value is -2.84.